The fourth-order valence-electron chi connectivity index (χ4n) is 4.28. The molecule has 0 radical (unpaired) electrons. The number of aromatic nitrogens is 1. The van der Waals surface area contributed by atoms with E-state index < -0.39 is 11.4 Å². The van der Waals surface area contributed by atoms with Crippen molar-refractivity contribution in [1.29, 1.82) is 0 Å². The predicted molar refractivity (Wildman–Crippen MR) is 94.3 cm³/mol. The van der Waals surface area contributed by atoms with Crippen LogP contribution in [0.5, 0.6) is 0 Å². The number of hydrogen-bond acceptors (Lipinski definition) is 4. The molecule has 2 amide bonds. The van der Waals surface area contributed by atoms with E-state index in [2.05, 4.69) is 4.98 Å². The molecule has 6 nitrogen and oxygen atoms in total. The van der Waals surface area contributed by atoms with Gasteiger partial charge in [0.15, 0.2) is 0 Å². The van der Waals surface area contributed by atoms with Crippen molar-refractivity contribution in [2.75, 3.05) is 6.54 Å². The Kier molecular flexibility index (Phi) is 4.64. The van der Waals surface area contributed by atoms with Gasteiger partial charge in [-0.2, -0.15) is 0 Å². The lowest BCUT2D eigenvalue weighted by Gasteiger charge is -2.38. The maximum Gasteiger partial charge on any atom is 0.247 e. The number of amides is 2. The summed E-state index contributed by atoms with van der Waals surface area (Å²) in [4.78, 5) is 30.2. The van der Waals surface area contributed by atoms with E-state index in [1.165, 1.54) is 0 Å². The molecular formula is C19H25N3O3. The van der Waals surface area contributed by atoms with E-state index in [1.54, 1.807) is 24.5 Å². The highest BCUT2D eigenvalue weighted by molar-refractivity contribution is 5.92. The molecule has 3 heterocycles. The molecule has 2 fully saturated rings. The van der Waals surface area contributed by atoms with Gasteiger partial charge in [-0.25, -0.2) is 0 Å². The van der Waals surface area contributed by atoms with Crippen molar-refractivity contribution in [2.45, 2.75) is 56.8 Å². The number of nitrogens with two attached hydrogens (primary N) is 1. The van der Waals surface area contributed by atoms with Gasteiger partial charge >= 0.3 is 0 Å². The first-order chi connectivity index (χ1) is 11.8. The van der Waals surface area contributed by atoms with E-state index in [0.29, 0.717) is 13.0 Å². The maximum atomic E-state index is 12.9. The van der Waals surface area contributed by atoms with Gasteiger partial charge in [0.25, 0.3) is 0 Å². The summed E-state index contributed by atoms with van der Waals surface area (Å²) in [6.07, 6.45) is 9.02. The molecule has 0 unspecified atom stereocenters. The van der Waals surface area contributed by atoms with Crippen molar-refractivity contribution >= 4 is 17.9 Å². The van der Waals surface area contributed by atoms with Gasteiger partial charge in [0.05, 0.1) is 23.7 Å². The number of nitrogens with zero attached hydrogens (tertiary/aromatic N) is 2. The molecular weight excluding hydrogens is 318 g/mol. The first kappa shape index (κ1) is 17.6. The minimum absolute atomic E-state index is 0.0508. The fraction of sp³-hybridized carbons (Fsp3) is 0.526. The second-order valence-corrected chi connectivity index (χ2v) is 7.52. The Morgan fingerprint density at radius 1 is 1.40 bits per heavy atom. The van der Waals surface area contributed by atoms with Crippen molar-refractivity contribution in [3.8, 4) is 0 Å². The van der Waals surface area contributed by atoms with Crippen LogP contribution < -0.4 is 5.73 Å². The molecule has 2 aliphatic rings. The van der Waals surface area contributed by atoms with Crippen LogP contribution in [0.3, 0.4) is 0 Å². The zero-order valence-corrected chi connectivity index (χ0v) is 14.8. The molecule has 1 aromatic heterocycles. The lowest BCUT2D eigenvalue weighted by molar-refractivity contribution is -0.135. The highest BCUT2D eigenvalue weighted by atomic mass is 16.5. The van der Waals surface area contributed by atoms with Gasteiger partial charge in [-0.05, 0) is 50.5 Å². The Labute approximate surface area is 148 Å². The minimum atomic E-state index is -0.446. The topological polar surface area (TPSA) is 85.5 Å². The summed E-state index contributed by atoms with van der Waals surface area (Å²) in [6.45, 7) is 4.68. The van der Waals surface area contributed by atoms with Crippen LogP contribution in [0.1, 0.15) is 45.1 Å². The Morgan fingerprint density at radius 2 is 2.12 bits per heavy atom. The molecule has 1 aromatic rings. The van der Waals surface area contributed by atoms with E-state index in [1.807, 2.05) is 30.9 Å². The van der Waals surface area contributed by atoms with Gasteiger partial charge in [0, 0.05) is 31.4 Å². The second kappa shape index (κ2) is 6.59. The third-order valence-electron chi connectivity index (χ3n) is 5.10. The van der Waals surface area contributed by atoms with Gasteiger partial charge in [-0.15, -0.1) is 0 Å². The number of carbonyl (C=O) groups is 2. The molecule has 6 heteroatoms. The summed E-state index contributed by atoms with van der Waals surface area (Å²) in [5.74, 6) is -0.446. The molecule has 25 heavy (non-hydrogen) atoms. The van der Waals surface area contributed by atoms with Crippen LogP contribution in [0.15, 0.2) is 30.6 Å². The Balaban J connectivity index is 1.84. The number of primary amides is 1. The van der Waals surface area contributed by atoms with Crippen molar-refractivity contribution in [3.05, 3.63) is 36.2 Å². The lowest BCUT2D eigenvalue weighted by Crippen LogP contribution is -2.53. The van der Waals surface area contributed by atoms with Crippen LogP contribution in [0.2, 0.25) is 0 Å². The average molecular weight is 343 g/mol. The van der Waals surface area contributed by atoms with E-state index >= 15 is 0 Å². The highest BCUT2D eigenvalue weighted by Crippen LogP contribution is 2.48. The molecule has 2 saturated heterocycles. The first-order valence-electron chi connectivity index (χ1n) is 8.68. The van der Waals surface area contributed by atoms with Crippen LogP contribution in [0, 0.1) is 0 Å². The second-order valence-electron chi connectivity index (χ2n) is 7.52. The Hall–Kier alpha value is -2.21. The van der Waals surface area contributed by atoms with Crippen LogP contribution in [0.4, 0.5) is 0 Å². The average Bonchev–Trinajstić information content (AvgIpc) is 3.06. The van der Waals surface area contributed by atoms with Crippen LogP contribution >= 0.6 is 0 Å². The third-order valence-corrected chi connectivity index (χ3v) is 5.10. The number of hydrogen-bond donors (Lipinski definition) is 1. The zero-order valence-electron chi connectivity index (χ0n) is 14.8. The molecule has 0 aliphatic carbocycles. The lowest BCUT2D eigenvalue weighted by atomic mass is 9.82. The van der Waals surface area contributed by atoms with Crippen LogP contribution in [-0.4, -0.2) is 45.5 Å². The standard InChI is InChI=1S/C19H25N3O3/c1-18(2)13-19(15(25-18)12-16(20)23)8-3-11-22(19)17(24)5-4-14-6-9-21-10-7-14/h4-7,9-10,15H,3,8,11-13H2,1-2H3,(H2,20,23)/t15-,19+/m0/s1. The summed E-state index contributed by atoms with van der Waals surface area (Å²) in [5, 5.41) is 0. The van der Waals surface area contributed by atoms with Gasteiger partial charge in [0.2, 0.25) is 11.8 Å². The molecule has 0 aromatic carbocycles. The molecule has 1 spiro atoms. The van der Waals surface area contributed by atoms with Crippen molar-refractivity contribution < 1.29 is 14.3 Å². The van der Waals surface area contributed by atoms with E-state index in [4.69, 9.17) is 10.5 Å². The molecule has 134 valence electrons. The third kappa shape index (κ3) is 3.58. The number of likely N-dealkylation sites (tertiary alicyclic amines) is 1. The molecule has 2 atom stereocenters. The van der Waals surface area contributed by atoms with Gasteiger partial charge in [0.1, 0.15) is 0 Å². The summed E-state index contributed by atoms with van der Waals surface area (Å²) in [5.41, 5.74) is 5.53. The fourth-order valence-corrected chi connectivity index (χ4v) is 4.28. The number of carbonyl (C=O) groups excluding carboxylic acids is 2. The zero-order chi connectivity index (χ0) is 18.1. The van der Waals surface area contributed by atoms with Gasteiger partial charge in [-0.3, -0.25) is 14.6 Å². The predicted octanol–water partition coefficient (Wildman–Crippen LogP) is 1.90. The molecule has 3 rings (SSSR count). The van der Waals surface area contributed by atoms with Gasteiger partial charge < -0.3 is 15.4 Å². The summed E-state index contributed by atoms with van der Waals surface area (Å²) < 4.78 is 6.11. The Morgan fingerprint density at radius 3 is 2.80 bits per heavy atom. The monoisotopic (exact) mass is 343 g/mol. The molecule has 2 aliphatic heterocycles. The van der Waals surface area contributed by atoms with Crippen molar-refractivity contribution in [1.82, 2.24) is 9.88 Å². The Bertz CT molecular complexity index is 686. The summed E-state index contributed by atoms with van der Waals surface area (Å²) in [7, 11) is 0. The SMILES string of the molecule is CC1(C)C[C@]2(CCCN2C(=O)C=Cc2ccncc2)[C@H](CC(N)=O)O1. The molecule has 2 N–H and O–H groups in total. The highest BCUT2D eigenvalue weighted by Gasteiger charge is 2.58. The number of rotatable bonds is 4. The normalized spacial score (nSPS) is 28.1. The van der Waals surface area contributed by atoms with E-state index in [0.717, 1.165) is 18.4 Å². The van der Waals surface area contributed by atoms with Crippen LogP contribution in [-0.2, 0) is 14.3 Å². The van der Waals surface area contributed by atoms with Crippen molar-refractivity contribution in [3.63, 3.8) is 0 Å². The van der Waals surface area contributed by atoms with E-state index in [9.17, 15) is 9.59 Å². The van der Waals surface area contributed by atoms with Gasteiger partial charge in [-0.1, -0.05) is 0 Å². The molecule has 0 saturated carbocycles. The maximum absolute atomic E-state index is 12.9. The smallest absolute Gasteiger partial charge is 0.247 e. The van der Waals surface area contributed by atoms with Crippen LogP contribution in [0.25, 0.3) is 6.08 Å². The number of pyridine rings is 1. The minimum Gasteiger partial charge on any atom is -0.370 e. The summed E-state index contributed by atoms with van der Waals surface area (Å²) >= 11 is 0. The largest absolute Gasteiger partial charge is 0.370 e. The number of ether oxygens (including phenoxy) is 1. The quantitative estimate of drug-likeness (QED) is 0.846. The summed E-state index contributed by atoms with van der Waals surface area (Å²) in [6, 6.07) is 3.70. The van der Waals surface area contributed by atoms with Crippen molar-refractivity contribution in [2.24, 2.45) is 5.73 Å². The first-order valence-corrected chi connectivity index (χ1v) is 8.68. The van der Waals surface area contributed by atoms with E-state index in [-0.39, 0.29) is 24.0 Å². The molecule has 0 bridgehead atoms.